The number of nitro benzene ring substituents is 1. The number of para-hydroxylation sites is 1. The van der Waals surface area contributed by atoms with Crippen LogP contribution in [0.2, 0.25) is 5.02 Å². The van der Waals surface area contributed by atoms with Crippen LogP contribution in [0.25, 0.3) is 5.69 Å². The molecule has 0 saturated carbocycles. The van der Waals surface area contributed by atoms with Crippen molar-refractivity contribution >= 4 is 23.0 Å². The van der Waals surface area contributed by atoms with E-state index >= 15 is 0 Å². The summed E-state index contributed by atoms with van der Waals surface area (Å²) >= 11 is 5.70. The number of nitro groups is 1. The summed E-state index contributed by atoms with van der Waals surface area (Å²) < 4.78 is 1.32. The van der Waals surface area contributed by atoms with Gasteiger partial charge in [-0.15, -0.1) is 0 Å². The van der Waals surface area contributed by atoms with E-state index in [1.807, 2.05) is 0 Å². The highest BCUT2D eigenvalue weighted by molar-refractivity contribution is 6.30. The molecule has 0 atom stereocenters. The minimum absolute atomic E-state index is 0.0918. The minimum Gasteiger partial charge on any atom is -0.393 e. The van der Waals surface area contributed by atoms with E-state index in [0.717, 1.165) is 0 Å². The number of hydrogen-bond acceptors (Lipinski definition) is 4. The van der Waals surface area contributed by atoms with Crippen molar-refractivity contribution in [3.05, 3.63) is 45.7 Å². The maximum absolute atomic E-state index is 10.9. The molecule has 0 saturated heterocycles. The maximum atomic E-state index is 10.9. The third-order valence-corrected chi connectivity index (χ3v) is 2.22. The largest absolute Gasteiger partial charge is 0.393 e. The van der Waals surface area contributed by atoms with E-state index in [2.05, 4.69) is 5.10 Å². The maximum Gasteiger partial charge on any atom is 0.317 e. The Morgan fingerprint density at radius 3 is 2.81 bits per heavy atom. The van der Waals surface area contributed by atoms with Gasteiger partial charge in [0, 0.05) is 6.20 Å². The monoisotopic (exact) mass is 238 g/mol. The summed E-state index contributed by atoms with van der Waals surface area (Å²) in [7, 11) is 0. The lowest BCUT2D eigenvalue weighted by molar-refractivity contribution is -0.383. The molecule has 1 aromatic heterocycles. The quantitative estimate of drug-likeness (QED) is 0.493. The average molecular weight is 239 g/mol. The molecule has 0 amide bonds. The van der Waals surface area contributed by atoms with Crippen LogP contribution in [0.5, 0.6) is 0 Å². The van der Waals surface area contributed by atoms with Crippen molar-refractivity contribution in [2.45, 2.75) is 0 Å². The molecule has 2 N–H and O–H groups in total. The average Bonchev–Trinajstić information content (AvgIpc) is 2.63. The van der Waals surface area contributed by atoms with Gasteiger partial charge in [-0.2, -0.15) is 5.10 Å². The van der Waals surface area contributed by atoms with Crippen LogP contribution in [0.3, 0.4) is 0 Å². The smallest absolute Gasteiger partial charge is 0.317 e. The zero-order valence-electron chi connectivity index (χ0n) is 8.00. The highest BCUT2D eigenvalue weighted by Crippen LogP contribution is 2.29. The summed E-state index contributed by atoms with van der Waals surface area (Å²) in [6.07, 6.45) is 2.87. The first-order valence-electron chi connectivity index (χ1n) is 4.33. The summed E-state index contributed by atoms with van der Waals surface area (Å²) in [6.45, 7) is 0. The Morgan fingerprint density at radius 2 is 2.25 bits per heavy atom. The molecule has 82 valence electrons. The summed E-state index contributed by atoms with van der Waals surface area (Å²) in [4.78, 5) is 10.3. The lowest BCUT2D eigenvalue weighted by Gasteiger charge is -2.04. The number of nitrogens with zero attached hydrogens (tertiary/aromatic N) is 3. The van der Waals surface area contributed by atoms with E-state index in [9.17, 15) is 10.1 Å². The van der Waals surface area contributed by atoms with Gasteiger partial charge in [-0.05, 0) is 12.1 Å². The second-order valence-electron chi connectivity index (χ2n) is 3.08. The van der Waals surface area contributed by atoms with Crippen LogP contribution in [0, 0.1) is 10.1 Å². The number of rotatable bonds is 2. The Hall–Kier alpha value is -2.08. The van der Waals surface area contributed by atoms with Gasteiger partial charge in [0.2, 0.25) is 0 Å². The molecule has 2 rings (SSSR count). The molecule has 0 bridgehead atoms. The van der Waals surface area contributed by atoms with Gasteiger partial charge in [0.15, 0.2) is 0 Å². The Kier molecular flexibility index (Phi) is 2.49. The van der Waals surface area contributed by atoms with Crippen LogP contribution in [0.4, 0.5) is 11.4 Å². The number of aromatic nitrogens is 2. The van der Waals surface area contributed by atoms with Crippen molar-refractivity contribution in [2.75, 3.05) is 5.73 Å². The number of anilines is 1. The van der Waals surface area contributed by atoms with Gasteiger partial charge >= 0.3 is 5.69 Å². The topological polar surface area (TPSA) is 87.0 Å². The highest BCUT2D eigenvalue weighted by Gasteiger charge is 2.19. The van der Waals surface area contributed by atoms with E-state index in [0.29, 0.717) is 5.02 Å². The molecule has 1 heterocycles. The molecule has 0 spiro atoms. The normalized spacial score (nSPS) is 10.3. The molecule has 0 aliphatic heterocycles. The fourth-order valence-electron chi connectivity index (χ4n) is 1.37. The number of hydrogen-bond donors (Lipinski definition) is 1. The highest BCUT2D eigenvalue weighted by atomic mass is 35.5. The molecule has 0 aliphatic rings. The van der Waals surface area contributed by atoms with Gasteiger partial charge in [-0.1, -0.05) is 17.7 Å². The zero-order chi connectivity index (χ0) is 11.7. The van der Waals surface area contributed by atoms with Crippen LogP contribution < -0.4 is 5.73 Å². The lowest BCUT2D eigenvalue weighted by atomic mass is 10.2. The fourth-order valence-corrected chi connectivity index (χ4v) is 1.50. The van der Waals surface area contributed by atoms with Crippen LogP contribution >= 0.6 is 11.6 Å². The molecule has 0 aliphatic carbocycles. The van der Waals surface area contributed by atoms with Crippen LogP contribution in [0.1, 0.15) is 0 Å². The Balaban J connectivity index is 2.65. The predicted octanol–water partition coefficient (Wildman–Crippen LogP) is 2.02. The number of nitrogen functional groups attached to an aromatic ring is 1. The standard InChI is InChI=1S/C9H7ClN4O2/c10-6-4-12-13(5-6)8-3-1-2-7(11)9(8)14(15)16/h1-5H,11H2. The van der Waals surface area contributed by atoms with Gasteiger partial charge in [0.25, 0.3) is 0 Å². The minimum atomic E-state index is -0.541. The van der Waals surface area contributed by atoms with Crippen molar-refractivity contribution < 1.29 is 4.92 Å². The second kappa shape index (κ2) is 3.82. The van der Waals surface area contributed by atoms with E-state index in [-0.39, 0.29) is 17.1 Å². The first-order chi connectivity index (χ1) is 7.59. The molecule has 0 unspecified atom stereocenters. The van der Waals surface area contributed by atoms with Gasteiger partial charge < -0.3 is 5.73 Å². The van der Waals surface area contributed by atoms with E-state index < -0.39 is 4.92 Å². The SMILES string of the molecule is Nc1cccc(-n2cc(Cl)cn2)c1[N+](=O)[O-]. The third kappa shape index (κ3) is 1.70. The second-order valence-corrected chi connectivity index (χ2v) is 3.51. The molecule has 7 heteroatoms. The van der Waals surface area contributed by atoms with Crippen LogP contribution in [-0.4, -0.2) is 14.7 Å². The summed E-state index contributed by atoms with van der Waals surface area (Å²) in [5.74, 6) is 0. The Bertz CT molecular complexity index is 552. The third-order valence-electron chi connectivity index (χ3n) is 2.03. The number of halogens is 1. The van der Waals surface area contributed by atoms with Crippen molar-refractivity contribution in [3.8, 4) is 5.69 Å². The summed E-state index contributed by atoms with van der Waals surface area (Å²) in [5, 5.41) is 15.2. The van der Waals surface area contributed by atoms with E-state index in [1.54, 1.807) is 12.1 Å². The fraction of sp³-hybridized carbons (Fsp3) is 0. The molecular weight excluding hydrogens is 232 g/mol. The first kappa shape index (κ1) is 10.4. The number of nitrogens with two attached hydrogens (primary N) is 1. The zero-order valence-corrected chi connectivity index (χ0v) is 8.76. The van der Waals surface area contributed by atoms with Crippen molar-refractivity contribution in [1.82, 2.24) is 9.78 Å². The predicted molar refractivity (Wildman–Crippen MR) is 59.6 cm³/mol. The van der Waals surface area contributed by atoms with Crippen LogP contribution in [0.15, 0.2) is 30.6 Å². The molecular formula is C9H7ClN4O2. The van der Waals surface area contributed by atoms with E-state index in [4.69, 9.17) is 17.3 Å². The molecule has 0 fully saturated rings. The van der Waals surface area contributed by atoms with Gasteiger partial charge in [0.05, 0.1) is 16.1 Å². The van der Waals surface area contributed by atoms with Crippen molar-refractivity contribution in [3.63, 3.8) is 0 Å². The lowest BCUT2D eigenvalue weighted by Crippen LogP contribution is -2.03. The summed E-state index contributed by atoms with van der Waals surface area (Å²) in [5.41, 5.74) is 5.75. The summed E-state index contributed by atoms with van der Waals surface area (Å²) in [6, 6.07) is 4.64. The first-order valence-corrected chi connectivity index (χ1v) is 4.71. The van der Waals surface area contributed by atoms with Gasteiger partial charge in [-0.25, -0.2) is 4.68 Å². The Labute approximate surface area is 95.4 Å². The van der Waals surface area contributed by atoms with Gasteiger partial charge in [0.1, 0.15) is 11.4 Å². The molecule has 1 aromatic carbocycles. The van der Waals surface area contributed by atoms with Crippen molar-refractivity contribution in [2.24, 2.45) is 0 Å². The molecule has 6 nitrogen and oxygen atoms in total. The van der Waals surface area contributed by atoms with E-state index in [1.165, 1.54) is 23.1 Å². The number of benzene rings is 1. The molecule has 2 aromatic rings. The van der Waals surface area contributed by atoms with Gasteiger partial charge in [-0.3, -0.25) is 10.1 Å². The van der Waals surface area contributed by atoms with Crippen molar-refractivity contribution in [1.29, 1.82) is 0 Å². The molecule has 16 heavy (non-hydrogen) atoms. The molecule has 0 radical (unpaired) electrons. The van der Waals surface area contributed by atoms with Crippen LogP contribution in [-0.2, 0) is 0 Å². The Morgan fingerprint density at radius 1 is 1.50 bits per heavy atom.